The van der Waals surface area contributed by atoms with Crippen molar-refractivity contribution in [2.45, 2.75) is 72.1 Å². The lowest BCUT2D eigenvalue weighted by Crippen LogP contribution is -2.47. The maximum atomic E-state index is 12.7. The molecule has 0 aromatic carbocycles. The molecule has 6 heteroatoms. The fraction of sp³-hybridized carbons (Fsp3) is 0.739. The van der Waals surface area contributed by atoms with Crippen molar-refractivity contribution in [3.05, 3.63) is 32.8 Å². The molecule has 6 rings (SSSR count). The first-order valence-electron chi connectivity index (χ1n) is 11.3. The second-order valence-electron chi connectivity index (χ2n) is 10.2. The number of hydrogen-bond donors (Lipinski definition) is 1. The number of H-pyrrole nitrogens is 1. The van der Waals surface area contributed by atoms with E-state index in [4.69, 9.17) is 9.72 Å². The second kappa shape index (κ2) is 6.95. The number of rotatable bonds is 3. The van der Waals surface area contributed by atoms with Gasteiger partial charge in [-0.2, -0.15) is 0 Å². The summed E-state index contributed by atoms with van der Waals surface area (Å²) >= 11 is 0. The third kappa shape index (κ3) is 3.34. The van der Waals surface area contributed by atoms with Gasteiger partial charge in [0, 0.05) is 38.3 Å². The number of ether oxygens (including phenoxy) is 1. The van der Waals surface area contributed by atoms with Gasteiger partial charge in [0.2, 0.25) is 5.95 Å². The third-order valence-corrected chi connectivity index (χ3v) is 7.74. The Kier molecular flexibility index (Phi) is 4.63. The number of nitrogens with one attached hydrogen (secondary N) is 1. The molecule has 3 aliphatic carbocycles. The van der Waals surface area contributed by atoms with Gasteiger partial charge < -0.3 is 9.64 Å². The van der Waals surface area contributed by atoms with Crippen molar-refractivity contribution in [3.63, 3.8) is 0 Å². The molecule has 3 atom stereocenters. The summed E-state index contributed by atoms with van der Waals surface area (Å²) in [5, 5.41) is 0. The summed E-state index contributed by atoms with van der Waals surface area (Å²) in [4.78, 5) is 25.4. The Labute approximate surface area is 173 Å². The molecular weight excluding hydrogens is 364 g/mol. The van der Waals surface area contributed by atoms with Crippen LogP contribution in [0.3, 0.4) is 0 Å². The number of anilines is 1. The van der Waals surface area contributed by atoms with E-state index < -0.39 is 0 Å². The molecule has 2 fully saturated rings. The van der Waals surface area contributed by atoms with Crippen LogP contribution in [0, 0.1) is 11.3 Å². The van der Waals surface area contributed by atoms with E-state index in [0.29, 0.717) is 11.4 Å². The van der Waals surface area contributed by atoms with Gasteiger partial charge in [0.15, 0.2) is 0 Å². The van der Waals surface area contributed by atoms with Gasteiger partial charge in [-0.05, 0) is 50.9 Å². The quantitative estimate of drug-likeness (QED) is 0.794. The van der Waals surface area contributed by atoms with Crippen LogP contribution in [0.5, 0.6) is 0 Å². The van der Waals surface area contributed by atoms with Crippen LogP contribution in [0.1, 0.15) is 58.2 Å². The van der Waals surface area contributed by atoms with Gasteiger partial charge in [0.25, 0.3) is 5.56 Å². The predicted octanol–water partition coefficient (Wildman–Crippen LogP) is 2.88. The maximum Gasteiger partial charge on any atom is 0.255 e. The maximum absolute atomic E-state index is 12.7. The topological polar surface area (TPSA) is 61.5 Å². The highest BCUT2D eigenvalue weighted by atomic mass is 16.5. The first-order valence-corrected chi connectivity index (χ1v) is 11.3. The second-order valence-corrected chi connectivity index (χ2v) is 10.2. The molecule has 0 spiro atoms. The molecule has 1 N–H and O–H groups in total. The van der Waals surface area contributed by atoms with Gasteiger partial charge in [-0.3, -0.25) is 14.7 Å². The number of nitrogens with zero attached hydrogens (tertiary/aromatic N) is 3. The normalized spacial score (nSPS) is 31.4. The molecule has 0 unspecified atom stereocenters. The summed E-state index contributed by atoms with van der Waals surface area (Å²) in [6, 6.07) is 0. The summed E-state index contributed by atoms with van der Waals surface area (Å²) < 4.78 is 5.84. The van der Waals surface area contributed by atoms with E-state index in [0.717, 1.165) is 56.3 Å². The number of aromatic amines is 1. The molecule has 0 radical (unpaired) electrons. The predicted molar refractivity (Wildman–Crippen MR) is 114 cm³/mol. The molecule has 3 heterocycles. The van der Waals surface area contributed by atoms with Gasteiger partial charge in [0.05, 0.1) is 17.9 Å². The van der Waals surface area contributed by atoms with Gasteiger partial charge in [-0.25, -0.2) is 4.98 Å². The lowest BCUT2D eigenvalue weighted by molar-refractivity contribution is -0.00576. The average Bonchev–Trinajstić information content (AvgIpc) is 2.67. The van der Waals surface area contributed by atoms with Gasteiger partial charge >= 0.3 is 0 Å². The van der Waals surface area contributed by atoms with Crippen LogP contribution < -0.4 is 10.5 Å². The number of hydrogen-bond acceptors (Lipinski definition) is 5. The largest absolute Gasteiger partial charge is 0.372 e. The van der Waals surface area contributed by atoms with Crippen LogP contribution in [0.15, 0.2) is 15.9 Å². The van der Waals surface area contributed by atoms with Gasteiger partial charge in [-0.1, -0.05) is 25.0 Å². The minimum Gasteiger partial charge on any atom is -0.372 e. The Balaban J connectivity index is 1.36. The van der Waals surface area contributed by atoms with E-state index in [1.54, 1.807) is 11.1 Å². The SMILES string of the molecule is C[C@@H]1CN(c2nc3c(c(=O)[nH]2)CCN(CC2=C4C[C@H](CC2)C4(C)C)C3)C[C@H](C)O1. The first-order chi connectivity index (χ1) is 13.8. The standard InChI is InChI=1S/C23H34N4O2/c1-14-10-27(11-15(2)29-14)22-24-20-13-26(8-7-18(20)21(28)25-22)12-16-5-6-17-9-19(16)23(17,3)4/h14-15,17H,5-13H2,1-4H3,(H,24,25,28)/t14-,15+,17-/m0/s1. The van der Waals surface area contributed by atoms with Crippen molar-refractivity contribution in [1.29, 1.82) is 0 Å². The number of allylic oxidation sites excluding steroid dienone is 1. The minimum atomic E-state index is 0.0408. The van der Waals surface area contributed by atoms with Crippen LogP contribution in [0.4, 0.5) is 5.95 Å². The highest BCUT2D eigenvalue weighted by Gasteiger charge is 2.47. The average molecular weight is 399 g/mol. The van der Waals surface area contributed by atoms with E-state index in [9.17, 15) is 4.79 Å². The molecule has 29 heavy (non-hydrogen) atoms. The molecule has 5 aliphatic rings. The molecule has 1 saturated carbocycles. The van der Waals surface area contributed by atoms with Crippen LogP contribution >= 0.6 is 0 Å². The number of fused-ring (bicyclic) bond motifs is 3. The number of morpholine rings is 1. The van der Waals surface area contributed by atoms with E-state index in [1.807, 2.05) is 0 Å². The van der Waals surface area contributed by atoms with Crippen LogP contribution in [0.2, 0.25) is 0 Å². The molecule has 0 amide bonds. The highest BCUT2D eigenvalue weighted by molar-refractivity contribution is 5.37. The van der Waals surface area contributed by atoms with Crippen molar-refractivity contribution < 1.29 is 4.74 Å². The summed E-state index contributed by atoms with van der Waals surface area (Å²) in [5.74, 6) is 1.60. The zero-order valence-corrected chi connectivity index (χ0v) is 18.3. The van der Waals surface area contributed by atoms with Crippen molar-refractivity contribution in [3.8, 4) is 0 Å². The zero-order valence-electron chi connectivity index (χ0n) is 18.3. The van der Waals surface area contributed by atoms with Crippen molar-refractivity contribution in [2.24, 2.45) is 11.3 Å². The lowest BCUT2D eigenvalue weighted by atomic mass is 9.52. The molecule has 2 aliphatic heterocycles. The first kappa shape index (κ1) is 19.3. The number of aromatic nitrogens is 2. The lowest BCUT2D eigenvalue weighted by Gasteiger charge is -2.53. The molecule has 2 bridgehead atoms. The van der Waals surface area contributed by atoms with Crippen molar-refractivity contribution in [2.75, 3.05) is 31.1 Å². The highest BCUT2D eigenvalue weighted by Crippen LogP contribution is 2.58. The van der Waals surface area contributed by atoms with Gasteiger partial charge in [0.1, 0.15) is 0 Å². The monoisotopic (exact) mass is 398 g/mol. The Morgan fingerprint density at radius 3 is 2.66 bits per heavy atom. The smallest absolute Gasteiger partial charge is 0.255 e. The molecule has 158 valence electrons. The molecule has 6 nitrogen and oxygen atoms in total. The van der Waals surface area contributed by atoms with Crippen molar-refractivity contribution >= 4 is 5.95 Å². The van der Waals surface area contributed by atoms with Gasteiger partial charge in [-0.15, -0.1) is 0 Å². The van der Waals surface area contributed by atoms with E-state index in [1.165, 1.54) is 19.3 Å². The Morgan fingerprint density at radius 2 is 1.97 bits per heavy atom. The fourth-order valence-electron chi connectivity index (χ4n) is 6.00. The Hall–Kier alpha value is -1.66. The molecule has 1 saturated heterocycles. The zero-order chi connectivity index (χ0) is 20.3. The van der Waals surface area contributed by atoms with Crippen LogP contribution in [-0.4, -0.2) is 53.3 Å². The summed E-state index contributed by atoms with van der Waals surface area (Å²) in [7, 11) is 0. The minimum absolute atomic E-state index is 0.0408. The molecular formula is C23H34N4O2. The Morgan fingerprint density at radius 1 is 1.21 bits per heavy atom. The van der Waals surface area contributed by atoms with E-state index in [-0.39, 0.29) is 17.8 Å². The third-order valence-electron chi connectivity index (χ3n) is 7.74. The molecule has 1 aromatic heterocycles. The summed E-state index contributed by atoms with van der Waals surface area (Å²) in [6.07, 6.45) is 4.98. The van der Waals surface area contributed by atoms with Crippen LogP contribution in [0.25, 0.3) is 0 Å². The summed E-state index contributed by atoms with van der Waals surface area (Å²) in [6.45, 7) is 13.3. The van der Waals surface area contributed by atoms with Crippen molar-refractivity contribution in [1.82, 2.24) is 14.9 Å². The molecule has 1 aromatic rings. The van der Waals surface area contributed by atoms with E-state index in [2.05, 4.69) is 42.5 Å². The summed E-state index contributed by atoms with van der Waals surface area (Å²) in [5.41, 5.74) is 5.66. The van der Waals surface area contributed by atoms with Crippen LogP contribution in [-0.2, 0) is 17.7 Å². The fourth-order valence-corrected chi connectivity index (χ4v) is 6.00. The van der Waals surface area contributed by atoms with E-state index >= 15 is 0 Å². The Bertz CT molecular complexity index is 893.